The third-order valence-electron chi connectivity index (χ3n) is 3.70. The lowest BCUT2D eigenvalue weighted by atomic mass is 9.94. The number of carbonyl (C=O) groups is 1. The number of nitrogens with two attached hydrogens (primary N) is 1. The lowest BCUT2D eigenvalue weighted by Crippen LogP contribution is -2.51. The Kier molecular flexibility index (Phi) is 4.57. The monoisotopic (exact) mass is 342 g/mol. The van der Waals surface area contributed by atoms with Crippen LogP contribution in [0, 0.1) is 11.3 Å². The zero-order chi connectivity index (χ0) is 18.1. The van der Waals surface area contributed by atoms with E-state index in [9.17, 15) is 29.5 Å². The zero-order valence-electron chi connectivity index (χ0n) is 12.5. The molecular formula is C13H15FN4O6. The van der Waals surface area contributed by atoms with Gasteiger partial charge in [0.1, 0.15) is 18.6 Å². The second-order valence-electron chi connectivity index (χ2n) is 5.25. The fourth-order valence-electron chi connectivity index (χ4n) is 2.54. The number of carbonyl (C=O) groups excluding carboxylic acids is 1. The van der Waals surface area contributed by atoms with E-state index >= 15 is 0 Å². The van der Waals surface area contributed by atoms with E-state index in [2.05, 4.69) is 4.98 Å². The largest absolute Gasteiger partial charge is 0.456 e. The van der Waals surface area contributed by atoms with Crippen molar-refractivity contribution in [1.29, 1.82) is 5.26 Å². The zero-order valence-corrected chi connectivity index (χ0v) is 12.5. The van der Waals surface area contributed by atoms with Gasteiger partial charge in [-0.15, -0.1) is 0 Å². The van der Waals surface area contributed by atoms with Gasteiger partial charge in [0, 0.05) is 13.1 Å². The van der Waals surface area contributed by atoms with E-state index in [1.807, 2.05) is 0 Å². The van der Waals surface area contributed by atoms with Crippen LogP contribution in [0.3, 0.4) is 0 Å². The highest BCUT2D eigenvalue weighted by Crippen LogP contribution is 2.42. The fourth-order valence-corrected chi connectivity index (χ4v) is 2.54. The normalized spacial score (nSPS) is 32.3. The van der Waals surface area contributed by atoms with Crippen LogP contribution in [0.5, 0.6) is 0 Å². The molecule has 2 heterocycles. The molecule has 0 saturated carbocycles. The highest BCUT2D eigenvalue weighted by atomic mass is 19.1. The third-order valence-corrected chi connectivity index (χ3v) is 3.70. The maximum atomic E-state index is 13.6. The van der Waals surface area contributed by atoms with Crippen LogP contribution in [0.15, 0.2) is 17.1 Å². The Morgan fingerprint density at radius 2 is 2.38 bits per heavy atom. The van der Waals surface area contributed by atoms with Crippen molar-refractivity contribution in [3.8, 4) is 6.07 Å². The van der Waals surface area contributed by atoms with E-state index in [4.69, 9.17) is 15.2 Å². The van der Waals surface area contributed by atoms with Crippen molar-refractivity contribution >= 4 is 11.8 Å². The predicted molar refractivity (Wildman–Crippen MR) is 74.9 cm³/mol. The maximum Gasteiger partial charge on any atom is 0.352 e. The number of nitrogens with zero attached hydrogens (tertiary/aromatic N) is 3. The molecule has 2 rings (SSSR count). The Labute approximate surface area is 134 Å². The minimum absolute atomic E-state index is 0.146. The van der Waals surface area contributed by atoms with E-state index in [-0.39, 0.29) is 5.82 Å². The van der Waals surface area contributed by atoms with Crippen molar-refractivity contribution < 1.29 is 28.9 Å². The molecule has 1 aromatic heterocycles. The van der Waals surface area contributed by atoms with Gasteiger partial charge in [-0.1, -0.05) is 0 Å². The standard InChI is InChI=1S/C13H15FN4O6/c1-7(20)23-10-9(21)13(5-15,24-12(10,4-14)6-19)18-3-2-8(16)17-11(18)22/h2-3,9-10,19,21H,4,6H2,1H3,(H2,16,17,22)/t9-,10+,12-,13-/m1/s1. The van der Waals surface area contributed by atoms with Gasteiger partial charge in [-0.2, -0.15) is 10.2 Å². The Morgan fingerprint density at radius 1 is 1.71 bits per heavy atom. The summed E-state index contributed by atoms with van der Waals surface area (Å²) in [4.78, 5) is 26.7. The Hall–Kier alpha value is -2.55. The number of nitriles is 1. The molecule has 24 heavy (non-hydrogen) atoms. The summed E-state index contributed by atoms with van der Waals surface area (Å²) < 4.78 is 24.3. The van der Waals surface area contributed by atoms with Crippen molar-refractivity contribution in [1.82, 2.24) is 9.55 Å². The minimum atomic E-state index is -2.47. The Bertz CT molecular complexity index is 743. The smallest absolute Gasteiger partial charge is 0.352 e. The maximum absolute atomic E-state index is 13.6. The molecule has 0 aliphatic carbocycles. The first-order valence-corrected chi connectivity index (χ1v) is 6.75. The third kappa shape index (κ3) is 2.50. The van der Waals surface area contributed by atoms with Crippen molar-refractivity contribution in [3.63, 3.8) is 0 Å². The van der Waals surface area contributed by atoms with Gasteiger partial charge in [0.25, 0.3) is 5.72 Å². The van der Waals surface area contributed by atoms with Gasteiger partial charge in [0.2, 0.25) is 0 Å². The number of hydrogen-bond donors (Lipinski definition) is 3. The first-order valence-electron chi connectivity index (χ1n) is 6.75. The first-order chi connectivity index (χ1) is 11.3. The molecule has 11 heteroatoms. The second kappa shape index (κ2) is 6.16. The van der Waals surface area contributed by atoms with E-state index in [0.717, 1.165) is 19.2 Å². The topological polar surface area (TPSA) is 161 Å². The second-order valence-corrected chi connectivity index (χ2v) is 5.25. The summed E-state index contributed by atoms with van der Waals surface area (Å²) >= 11 is 0. The van der Waals surface area contributed by atoms with Crippen molar-refractivity contribution in [2.24, 2.45) is 0 Å². The molecule has 4 atom stereocenters. The van der Waals surface area contributed by atoms with Gasteiger partial charge in [-0.3, -0.25) is 9.36 Å². The van der Waals surface area contributed by atoms with Crippen molar-refractivity contribution in [2.45, 2.75) is 30.5 Å². The van der Waals surface area contributed by atoms with Gasteiger partial charge >= 0.3 is 11.7 Å². The van der Waals surface area contributed by atoms with Gasteiger partial charge < -0.3 is 25.4 Å². The fraction of sp³-hybridized carbons (Fsp3) is 0.538. The summed E-state index contributed by atoms with van der Waals surface area (Å²) in [5.41, 5.74) is -0.373. The summed E-state index contributed by atoms with van der Waals surface area (Å²) in [7, 11) is 0. The molecule has 10 nitrogen and oxygen atoms in total. The van der Waals surface area contributed by atoms with Crippen LogP contribution < -0.4 is 11.4 Å². The molecule has 0 bridgehead atoms. The number of aromatic nitrogens is 2. The molecule has 1 aromatic rings. The van der Waals surface area contributed by atoms with Crippen LogP contribution >= 0.6 is 0 Å². The molecule has 0 aromatic carbocycles. The summed E-state index contributed by atoms with van der Waals surface area (Å²) in [5.74, 6) is -1.04. The van der Waals surface area contributed by atoms with Crippen molar-refractivity contribution in [2.75, 3.05) is 19.0 Å². The molecular weight excluding hydrogens is 327 g/mol. The number of aliphatic hydroxyl groups is 2. The van der Waals surface area contributed by atoms with E-state index in [1.165, 1.54) is 0 Å². The molecule has 1 aliphatic heterocycles. The highest BCUT2D eigenvalue weighted by Gasteiger charge is 2.66. The number of aliphatic hydroxyl groups excluding tert-OH is 2. The lowest BCUT2D eigenvalue weighted by molar-refractivity contribution is -0.180. The first kappa shape index (κ1) is 17.8. The van der Waals surface area contributed by atoms with Crippen LogP contribution in [0.25, 0.3) is 0 Å². The van der Waals surface area contributed by atoms with Gasteiger partial charge in [-0.25, -0.2) is 9.18 Å². The number of esters is 1. The van der Waals surface area contributed by atoms with Crippen LogP contribution in [0.2, 0.25) is 0 Å². The number of rotatable bonds is 4. The quantitative estimate of drug-likeness (QED) is 0.527. The average molecular weight is 342 g/mol. The summed E-state index contributed by atoms with van der Waals surface area (Å²) in [6.07, 6.45) is -2.68. The summed E-state index contributed by atoms with van der Waals surface area (Å²) in [5, 5.41) is 29.5. The Morgan fingerprint density at radius 3 is 2.83 bits per heavy atom. The molecule has 1 fully saturated rings. The molecule has 1 aliphatic rings. The average Bonchev–Trinajstić information content (AvgIpc) is 2.78. The number of ether oxygens (including phenoxy) is 2. The number of halogens is 1. The van der Waals surface area contributed by atoms with Crippen LogP contribution in [-0.4, -0.2) is 56.8 Å². The van der Waals surface area contributed by atoms with Gasteiger partial charge in [-0.05, 0) is 6.07 Å². The molecule has 4 N–H and O–H groups in total. The molecule has 0 spiro atoms. The van der Waals surface area contributed by atoms with Crippen LogP contribution in [0.4, 0.5) is 10.2 Å². The highest BCUT2D eigenvalue weighted by molar-refractivity contribution is 5.66. The predicted octanol–water partition coefficient (Wildman–Crippen LogP) is -1.97. The van der Waals surface area contributed by atoms with Crippen molar-refractivity contribution in [3.05, 3.63) is 22.7 Å². The molecule has 0 unspecified atom stereocenters. The van der Waals surface area contributed by atoms with E-state index in [0.29, 0.717) is 4.57 Å². The number of hydrogen-bond acceptors (Lipinski definition) is 9. The number of anilines is 1. The summed E-state index contributed by atoms with van der Waals surface area (Å²) in [6.45, 7) is -1.41. The molecule has 0 radical (unpaired) electrons. The van der Waals surface area contributed by atoms with Crippen LogP contribution in [-0.2, 0) is 20.0 Å². The Balaban J connectivity index is 2.65. The molecule has 130 valence electrons. The van der Waals surface area contributed by atoms with E-state index < -0.39 is 48.5 Å². The van der Waals surface area contributed by atoms with Gasteiger partial charge in [0.05, 0.1) is 6.61 Å². The number of alkyl halides is 1. The van der Waals surface area contributed by atoms with Gasteiger partial charge in [0.15, 0.2) is 17.8 Å². The van der Waals surface area contributed by atoms with E-state index in [1.54, 1.807) is 6.07 Å². The summed E-state index contributed by atoms with van der Waals surface area (Å²) in [6, 6.07) is 2.73. The minimum Gasteiger partial charge on any atom is -0.456 e. The number of nitrogen functional groups attached to an aromatic ring is 1. The molecule has 1 saturated heterocycles. The lowest BCUT2D eigenvalue weighted by Gasteiger charge is -2.29. The van der Waals surface area contributed by atoms with Crippen LogP contribution in [0.1, 0.15) is 6.92 Å². The SMILES string of the molecule is CC(=O)O[C@H]1[C@@H](O)[C@](C#N)(n2ccc(N)nc2=O)O[C@@]1(CO)CF. The molecule has 0 amide bonds.